The van der Waals surface area contributed by atoms with E-state index in [1.165, 1.54) is 19.3 Å². The SMILES string of the molecule is O=C(CC1(Cn2cnnn2)CCCCC1)N1CCN(c2ccccn2)CC1. The predicted molar refractivity (Wildman–Crippen MR) is 101 cm³/mol. The molecule has 0 N–H and O–H groups in total. The molecule has 1 aliphatic carbocycles. The maximum atomic E-state index is 13.1. The first-order chi connectivity index (χ1) is 13.2. The minimum Gasteiger partial charge on any atom is -0.353 e. The average Bonchev–Trinajstić information content (AvgIpc) is 3.22. The Kier molecular flexibility index (Phi) is 5.31. The Balaban J connectivity index is 1.37. The molecule has 2 fully saturated rings. The molecule has 8 nitrogen and oxygen atoms in total. The monoisotopic (exact) mass is 369 g/mol. The predicted octanol–water partition coefficient (Wildman–Crippen LogP) is 1.76. The summed E-state index contributed by atoms with van der Waals surface area (Å²) in [4.78, 5) is 21.8. The van der Waals surface area contributed by atoms with Crippen molar-refractivity contribution in [1.29, 1.82) is 0 Å². The Morgan fingerprint density at radius 1 is 1.07 bits per heavy atom. The molecule has 0 aromatic carbocycles. The van der Waals surface area contributed by atoms with Crippen LogP contribution in [0.4, 0.5) is 5.82 Å². The van der Waals surface area contributed by atoms with E-state index in [1.54, 1.807) is 11.0 Å². The maximum absolute atomic E-state index is 13.1. The van der Waals surface area contributed by atoms with E-state index in [4.69, 9.17) is 0 Å². The molecular weight excluding hydrogens is 342 g/mol. The number of anilines is 1. The largest absolute Gasteiger partial charge is 0.353 e. The molecule has 4 rings (SSSR count). The third-order valence-corrected chi connectivity index (χ3v) is 5.93. The molecule has 8 heteroatoms. The Labute approximate surface area is 159 Å². The van der Waals surface area contributed by atoms with Gasteiger partial charge in [-0.1, -0.05) is 25.3 Å². The molecule has 0 bridgehead atoms. The highest BCUT2D eigenvalue weighted by atomic mass is 16.2. The summed E-state index contributed by atoms with van der Waals surface area (Å²) in [6, 6.07) is 5.96. The van der Waals surface area contributed by atoms with Crippen molar-refractivity contribution < 1.29 is 4.79 Å². The van der Waals surface area contributed by atoms with Gasteiger partial charge in [0.1, 0.15) is 12.1 Å². The second-order valence-corrected chi connectivity index (χ2v) is 7.80. The van der Waals surface area contributed by atoms with E-state index in [-0.39, 0.29) is 11.3 Å². The number of pyridine rings is 1. The van der Waals surface area contributed by atoms with Crippen LogP contribution in [0, 0.1) is 5.41 Å². The first-order valence-electron chi connectivity index (χ1n) is 9.89. The molecule has 0 atom stereocenters. The summed E-state index contributed by atoms with van der Waals surface area (Å²) < 4.78 is 1.79. The van der Waals surface area contributed by atoms with Gasteiger partial charge in [-0.15, -0.1) is 5.10 Å². The van der Waals surface area contributed by atoms with Gasteiger partial charge in [0, 0.05) is 38.8 Å². The lowest BCUT2D eigenvalue weighted by Gasteiger charge is -2.40. The van der Waals surface area contributed by atoms with Crippen molar-refractivity contribution in [2.24, 2.45) is 5.41 Å². The number of carbonyl (C=O) groups is 1. The molecule has 2 aliphatic rings. The molecule has 0 spiro atoms. The van der Waals surface area contributed by atoms with E-state index < -0.39 is 0 Å². The van der Waals surface area contributed by atoms with Gasteiger partial charge in [-0.05, 0) is 40.8 Å². The molecular formula is C19H27N7O. The van der Waals surface area contributed by atoms with Crippen molar-refractivity contribution >= 4 is 11.7 Å². The van der Waals surface area contributed by atoms with E-state index in [1.807, 2.05) is 29.3 Å². The Bertz CT molecular complexity index is 720. The summed E-state index contributed by atoms with van der Waals surface area (Å²) in [7, 11) is 0. The molecule has 144 valence electrons. The van der Waals surface area contributed by atoms with Crippen LogP contribution in [0.5, 0.6) is 0 Å². The van der Waals surface area contributed by atoms with Crippen LogP contribution in [0.2, 0.25) is 0 Å². The summed E-state index contributed by atoms with van der Waals surface area (Å²) in [6.45, 7) is 3.93. The quantitative estimate of drug-likeness (QED) is 0.799. The minimum absolute atomic E-state index is 0.0111. The maximum Gasteiger partial charge on any atom is 0.223 e. The van der Waals surface area contributed by atoms with Crippen LogP contribution in [0.1, 0.15) is 38.5 Å². The number of hydrogen-bond acceptors (Lipinski definition) is 6. The van der Waals surface area contributed by atoms with Crippen LogP contribution >= 0.6 is 0 Å². The Morgan fingerprint density at radius 3 is 2.56 bits per heavy atom. The number of hydrogen-bond donors (Lipinski definition) is 0. The fraction of sp³-hybridized carbons (Fsp3) is 0.632. The number of aromatic nitrogens is 5. The standard InChI is InChI=1S/C19H27N7O/c27-18(25-12-10-24(11-13-25)17-6-2-5-9-20-17)14-19(7-3-1-4-8-19)15-26-16-21-22-23-26/h2,5-6,9,16H,1,3-4,7-8,10-15H2. The number of rotatable bonds is 5. The first kappa shape index (κ1) is 17.9. The molecule has 1 aliphatic heterocycles. The van der Waals surface area contributed by atoms with Gasteiger partial charge in [-0.25, -0.2) is 9.67 Å². The van der Waals surface area contributed by atoms with Crippen molar-refractivity contribution in [3.63, 3.8) is 0 Å². The Morgan fingerprint density at radius 2 is 1.89 bits per heavy atom. The lowest BCUT2D eigenvalue weighted by molar-refractivity contribution is -0.135. The fourth-order valence-corrected chi connectivity index (χ4v) is 4.45. The minimum atomic E-state index is -0.0111. The lowest BCUT2D eigenvalue weighted by atomic mass is 9.71. The van der Waals surface area contributed by atoms with Crippen LogP contribution in [-0.2, 0) is 11.3 Å². The van der Waals surface area contributed by atoms with Crippen LogP contribution in [0.3, 0.4) is 0 Å². The van der Waals surface area contributed by atoms with Crippen molar-refractivity contribution in [2.45, 2.75) is 45.1 Å². The smallest absolute Gasteiger partial charge is 0.223 e. The summed E-state index contributed by atoms with van der Waals surface area (Å²) in [5.41, 5.74) is -0.0111. The van der Waals surface area contributed by atoms with E-state index >= 15 is 0 Å². The zero-order valence-corrected chi connectivity index (χ0v) is 15.7. The summed E-state index contributed by atoms with van der Waals surface area (Å²) >= 11 is 0. The molecule has 3 heterocycles. The summed E-state index contributed by atoms with van der Waals surface area (Å²) in [5.74, 6) is 1.26. The second-order valence-electron chi connectivity index (χ2n) is 7.80. The normalized spacial score (nSPS) is 19.9. The molecule has 0 radical (unpaired) electrons. The van der Waals surface area contributed by atoms with Gasteiger partial charge in [-0.3, -0.25) is 4.79 Å². The van der Waals surface area contributed by atoms with Gasteiger partial charge in [0.25, 0.3) is 0 Å². The number of piperazine rings is 1. The van der Waals surface area contributed by atoms with E-state index in [0.717, 1.165) is 51.4 Å². The molecule has 2 aromatic heterocycles. The molecule has 27 heavy (non-hydrogen) atoms. The number of amides is 1. The highest BCUT2D eigenvalue weighted by molar-refractivity contribution is 5.77. The van der Waals surface area contributed by atoms with Gasteiger partial charge >= 0.3 is 0 Å². The van der Waals surface area contributed by atoms with E-state index in [2.05, 4.69) is 25.4 Å². The number of carbonyl (C=O) groups excluding carboxylic acids is 1. The fourth-order valence-electron chi connectivity index (χ4n) is 4.45. The van der Waals surface area contributed by atoms with Crippen molar-refractivity contribution in [2.75, 3.05) is 31.1 Å². The van der Waals surface area contributed by atoms with Gasteiger partial charge in [0.2, 0.25) is 5.91 Å². The lowest BCUT2D eigenvalue weighted by Crippen LogP contribution is -2.50. The van der Waals surface area contributed by atoms with Gasteiger partial charge in [-0.2, -0.15) is 0 Å². The van der Waals surface area contributed by atoms with E-state index in [0.29, 0.717) is 6.42 Å². The van der Waals surface area contributed by atoms with Gasteiger partial charge in [0.15, 0.2) is 0 Å². The van der Waals surface area contributed by atoms with Gasteiger partial charge < -0.3 is 9.80 Å². The van der Waals surface area contributed by atoms with Crippen LogP contribution < -0.4 is 4.90 Å². The van der Waals surface area contributed by atoms with E-state index in [9.17, 15) is 4.79 Å². The number of nitrogens with zero attached hydrogens (tertiary/aromatic N) is 7. The highest BCUT2D eigenvalue weighted by Crippen LogP contribution is 2.41. The van der Waals surface area contributed by atoms with Crippen LogP contribution in [-0.4, -0.2) is 62.2 Å². The molecule has 1 saturated carbocycles. The van der Waals surface area contributed by atoms with Crippen molar-refractivity contribution in [3.8, 4) is 0 Å². The summed E-state index contributed by atoms with van der Waals surface area (Å²) in [6.07, 6.45) is 9.85. The molecule has 2 aromatic rings. The van der Waals surface area contributed by atoms with Crippen molar-refractivity contribution in [3.05, 3.63) is 30.7 Å². The average molecular weight is 369 g/mol. The molecule has 1 saturated heterocycles. The Hall–Kier alpha value is -2.51. The zero-order valence-electron chi connectivity index (χ0n) is 15.7. The van der Waals surface area contributed by atoms with Crippen LogP contribution in [0.25, 0.3) is 0 Å². The zero-order chi connectivity index (χ0) is 18.5. The number of tetrazole rings is 1. The second kappa shape index (κ2) is 8.02. The first-order valence-corrected chi connectivity index (χ1v) is 9.89. The summed E-state index contributed by atoms with van der Waals surface area (Å²) in [5, 5.41) is 11.5. The topological polar surface area (TPSA) is 80.0 Å². The third kappa shape index (κ3) is 4.26. The van der Waals surface area contributed by atoms with Crippen LogP contribution in [0.15, 0.2) is 30.7 Å². The van der Waals surface area contributed by atoms with Gasteiger partial charge in [0.05, 0.1) is 6.54 Å². The molecule has 1 amide bonds. The van der Waals surface area contributed by atoms with Crippen molar-refractivity contribution in [1.82, 2.24) is 30.1 Å². The third-order valence-electron chi connectivity index (χ3n) is 5.93. The highest BCUT2D eigenvalue weighted by Gasteiger charge is 2.37. The molecule has 0 unspecified atom stereocenters.